The van der Waals surface area contributed by atoms with Crippen molar-refractivity contribution in [1.29, 1.82) is 0 Å². The van der Waals surface area contributed by atoms with Crippen LogP contribution in [0.25, 0.3) is 0 Å². The van der Waals surface area contributed by atoms with E-state index >= 15 is 0 Å². The fourth-order valence-corrected chi connectivity index (χ4v) is 4.48. The molecule has 1 amide bonds. The maximum Gasteiger partial charge on any atom is 0.224 e. The molecule has 1 N–H and O–H groups in total. The summed E-state index contributed by atoms with van der Waals surface area (Å²) in [4.78, 5) is 11.9. The first-order valence-electron chi connectivity index (χ1n) is 6.23. The molecule has 0 bridgehead atoms. The molecular formula is C13H15BrFNO3S. The molecule has 0 radical (unpaired) electrons. The van der Waals surface area contributed by atoms with Crippen LogP contribution >= 0.6 is 15.9 Å². The standard InChI is InChI=1S/C13H15BrFNO3S/c1-8-4-11(15)10(14)6-12(8)16-13(17)5-9-2-3-20(18,19)7-9/h4,6,9H,2-3,5,7H2,1H3,(H,16,17). The number of nitrogens with one attached hydrogen (secondary N) is 1. The lowest BCUT2D eigenvalue weighted by molar-refractivity contribution is -0.116. The Labute approximate surface area is 125 Å². The second kappa shape index (κ2) is 5.81. The van der Waals surface area contributed by atoms with Gasteiger partial charge in [0.2, 0.25) is 5.91 Å². The number of anilines is 1. The van der Waals surface area contributed by atoms with Crippen LogP contribution in [0.15, 0.2) is 16.6 Å². The van der Waals surface area contributed by atoms with Crippen molar-refractivity contribution < 1.29 is 17.6 Å². The number of benzene rings is 1. The van der Waals surface area contributed by atoms with Crippen LogP contribution in [0.4, 0.5) is 10.1 Å². The van der Waals surface area contributed by atoms with Crippen LogP contribution < -0.4 is 5.32 Å². The van der Waals surface area contributed by atoms with E-state index in [2.05, 4.69) is 21.2 Å². The topological polar surface area (TPSA) is 63.2 Å². The molecule has 1 aromatic carbocycles. The number of rotatable bonds is 3. The van der Waals surface area contributed by atoms with Gasteiger partial charge in [-0.2, -0.15) is 0 Å². The van der Waals surface area contributed by atoms with Crippen molar-refractivity contribution in [2.24, 2.45) is 5.92 Å². The summed E-state index contributed by atoms with van der Waals surface area (Å²) in [7, 11) is -2.97. The van der Waals surface area contributed by atoms with E-state index in [9.17, 15) is 17.6 Å². The maximum absolute atomic E-state index is 13.3. The fraction of sp³-hybridized carbons (Fsp3) is 0.462. The Kier molecular flexibility index (Phi) is 4.49. The predicted octanol–water partition coefficient (Wildman–Crippen LogP) is 2.66. The van der Waals surface area contributed by atoms with Crippen molar-refractivity contribution >= 4 is 37.4 Å². The van der Waals surface area contributed by atoms with Gasteiger partial charge < -0.3 is 5.32 Å². The predicted molar refractivity (Wildman–Crippen MR) is 78.8 cm³/mol. The summed E-state index contributed by atoms with van der Waals surface area (Å²) in [6, 6.07) is 2.84. The number of carbonyl (C=O) groups is 1. The summed E-state index contributed by atoms with van der Waals surface area (Å²) in [5, 5.41) is 2.70. The Morgan fingerprint density at radius 1 is 1.50 bits per heavy atom. The minimum atomic E-state index is -2.97. The van der Waals surface area contributed by atoms with Gasteiger partial charge in [-0.05, 0) is 52.9 Å². The molecular weight excluding hydrogens is 349 g/mol. The summed E-state index contributed by atoms with van der Waals surface area (Å²) >= 11 is 3.07. The van der Waals surface area contributed by atoms with Crippen LogP contribution in [-0.2, 0) is 14.6 Å². The minimum Gasteiger partial charge on any atom is -0.326 e. The fourth-order valence-electron chi connectivity index (χ4n) is 2.28. The lowest BCUT2D eigenvalue weighted by Gasteiger charge is -2.11. The second-order valence-corrected chi connectivity index (χ2v) is 8.19. The molecule has 110 valence electrons. The van der Waals surface area contributed by atoms with Crippen LogP contribution in [-0.4, -0.2) is 25.8 Å². The third kappa shape index (κ3) is 3.79. The van der Waals surface area contributed by atoms with Crippen LogP contribution in [0.2, 0.25) is 0 Å². The Morgan fingerprint density at radius 3 is 2.80 bits per heavy atom. The Bertz CT molecular complexity index is 645. The number of halogens is 2. The van der Waals surface area contributed by atoms with Gasteiger partial charge in [-0.1, -0.05) is 0 Å². The van der Waals surface area contributed by atoms with Gasteiger partial charge >= 0.3 is 0 Å². The summed E-state index contributed by atoms with van der Waals surface area (Å²) in [6.07, 6.45) is 0.704. The zero-order valence-corrected chi connectivity index (χ0v) is 13.4. The molecule has 1 heterocycles. The molecule has 7 heteroatoms. The second-order valence-electron chi connectivity index (χ2n) is 5.10. The molecule has 1 saturated heterocycles. The van der Waals surface area contributed by atoms with Crippen LogP contribution in [0.1, 0.15) is 18.4 Å². The maximum atomic E-state index is 13.3. The molecule has 2 rings (SSSR count). The Hall–Kier alpha value is -0.950. The molecule has 0 aromatic heterocycles. The SMILES string of the molecule is Cc1cc(F)c(Br)cc1NC(=O)CC1CCS(=O)(=O)C1. The normalized spacial score (nSPS) is 20.9. The van der Waals surface area contributed by atoms with E-state index in [4.69, 9.17) is 0 Å². The van der Waals surface area contributed by atoms with Crippen LogP contribution in [0, 0.1) is 18.7 Å². The van der Waals surface area contributed by atoms with Gasteiger partial charge in [0.25, 0.3) is 0 Å². The van der Waals surface area contributed by atoms with E-state index in [-0.39, 0.29) is 40.0 Å². The average molecular weight is 364 g/mol. The molecule has 1 fully saturated rings. The van der Waals surface area contributed by atoms with E-state index in [1.165, 1.54) is 12.1 Å². The van der Waals surface area contributed by atoms with E-state index < -0.39 is 9.84 Å². The number of aryl methyl sites for hydroxylation is 1. The summed E-state index contributed by atoms with van der Waals surface area (Å²) < 4.78 is 36.2. The monoisotopic (exact) mass is 363 g/mol. The van der Waals surface area contributed by atoms with Crippen molar-refractivity contribution in [2.45, 2.75) is 19.8 Å². The highest BCUT2D eigenvalue weighted by Crippen LogP contribution is 2.26. The van der Waals surface area contributed by atoms with Gasteiger partial charge in [-0.15, -0.1) is 0 Å². The molecule has 1 aliphatic heterocycles. The number of hydrogen-bond acceptors (Lipinski definition) is 3. The first-order chi connectivity index (χ1) is 9.27. The third-order valence-corrected chi connectivity index (χ3v) is 5.79. The van der Waals surface area contributed by atoms with Gasteiger partial charge in [-0.3, -0.25) is 4.79 Å². The molecule has 1 aromatic rings. The van der Waals surface area contributed by atoms with Crippen molar-refractivity contribution in [3.63, 3.8) is 0 Å². The average Bonchev–Trinajstić information content (AvgIpc) is 2.65. The van der Waals surface area contributed by atoms with Gasteiger partial charge in [0.15, 0.2) is 9.84 Å². The van der Waals surface area contributed by atoms with Gasteiger partial charge in [-0.25, -0.2) is 12.8 Å². The largest absolute Gasteiger partial charge is 0.326 e. The molecule has 1 unspecified atom stereocenters. The quantitative estimate of drug-likeness (QED) is 0.897. The highest BCUT2D eigenvalue weighted by Gasteiger charge is 2.29. The first-order valence-corrected chi connectivity index (χ1v) is 8.84. The van der Waals surface area contributed by atoms with Crippen molar-refractivity contribution in [2.75, 3.05) is 16.8 Å². The molecule has 20 heavy (non-hydrogen) atoms. The van der Waals surface area contributed by atoms with Gasteiger partial charge in [0.1, 0.15) is 5.82 Å². The van der Waals surface area contributed by atoms with Crippen LogP contribution in [0.3, 0.4) is 0 Å². The lowest BCUT2D eigenvalue weighted by Crippen LogP contribution is -2.18. The van der Waals surface area contributed by atoms with Gasteiger partial charge in [0, 0.05) is 12.1 Å². The van der Waals surface area contributed by atoms with E-state index in [0.717, 1.165) is 0 Å². The summed E-state index contributed by atoms with van der Waals surface area (Å²) in [5.74, 6) is -0.515. The number of hydrogen-bond donors (Lipinski definition) is 1. The minimum absolute atomic E-state index is 0.0759. The van der Waals surface area contributed by atoms with Crippen LogP contribution in [0.5, 0.6) is 0 Å². The van der Waals surface area contributed by atoms with E-state index in [0.29, 0.717) is 17.7 Å². The first kappa shape index (κ1) is 15.4. The molecule has 4 nitrogen and oxygen atoms in total. The Morgan fingerprint density at radius 2 is 2.20 bits per heavy atom. The molecule has 1 atom stereocenters. The molecule has 0 saturated carbocycles. The molecule has 0 spiro atoms. The van der Waals surface area contributed by atoms with Crippen molar-refractivity contribution in [3.05, 3.63) is 28.0 Å². The zero-order valence-electron chi connectivity index (χ0n) is 10.9. The Balaban J connectivity index is 2.00. The number of carbonyl (C=O) groups excluding carboxylic acids is 1. The van der Waals surface area contributed by atoms with Crippen molar-refractivity contribution in [1.82, 2.24) is 0 Å². The zero-order chi connectivity index (χ0) is 14.9. The highest BCUT2D eigenvalue weighted by atomic mass is 79.9. The van der Waals surface area contributed by atoms with Crippen molar-refractivity contribution in [3.8, 4) is 0 Å². The lowest BCUT2D eigenvalue weighted by atomic mass is 10.0. The van der Waals surface area contributed by atoms with E-state index in [1.54, 1.807) is 6.92 Å². The molecule has 1 aliphatic rings. The summed E-state index contributed by atoms with van der Waals surface area (Å²) in [5.41, 5.74) is 1.15. The number of amides is 1. The van der Waals surface area contributed by atoms with Gasteiger partial charge in [0.05, 0.1) is 16.0 Å². The summed E-state index contributed by atoms with van der Waals surface area (Å²) in [6.45, 7) is 1.70. The molecule has 0 aliphatic carbocycles. The third-order valence-electron chi connectivity index (χ3n) is 3.34. The smallest absolute Gasteiger partial charge is 0.224 e. The highest BCUT2D eigenvalue weighted by molar-refractivity contribution is 9.10. The number of sulfone groups is 1. The van der Waals surface area contributed by atoms with E-state index in [1.807, 2.05) is 0 Å².